The van der Waals surface area contributed by atoms with Crippen LogP contribution in [0.3, 0.4) is 0 Å². The topological polar surface area (TPSA) is 181 Å². The average Bonchev–Trinajstić information content (AvgIpc) is 4.01. The molecule has 424 valence electrons. The standard InChI is InChI=1S/C64H78N6O10/c1-8-63(77)53-34-55-58-43(36-70(55)59(74)51(53)38-78-60(63)75)33-48-50(37-66(5)6)56(23-22-54(48)65-58)79-61(76)69-30-28-68(29-31-69)27-13-11-9-10-12-26-67(7)44-17-14-41(15-18-44)49-35-62(4)52(24-25-64(62,39(2)71)80-40(3)72)47-20-16-42-32-45(73)19-21-46(42)57(47)49/h14-15,17-18,22-23,32-34,47,49,52,77H,8-13,16,19-21,24-31,35-38H2,1-7H3/t47?,49-,52+,62+,63+,64+/m1/s1. The van der Waals surface area contributed by atoms with Crippen molar-refractivity contribution in [3.63, 3.8) is 0 Å². The Hall–Kier alpha value is -6.49. The number of allylic oxidation sites excluding steroid dienone is 4. The van der Waals surface area contributed by atoms with Gasteiger partial charge in [-0.25, -0.2) is 14.6 Å². The summed E-state index contributed by atoms with van der Waals surface area (Å²) in [5.41, 5.74) is 6.57. The van der Waals surface area contributed by atoms with E-state index in [0.29, 0.717) is 55.1 Å². The molecule has 16 heteroatoms. The summed E-state index contributed by atoms with van der Waals surface area (Å²) in [7, 11) is 6.08. The third-order valence-corrected chi connectivity index (χ3v) is 19.5. The number of cyclic esters (lactones) is 1. The molecule has 2 aromatic heterocycles. The highest BCUT2D eigenvalue weighted by atomic mass is 16.6. The molecule has 6 atom stereocenters. The second-order valence-electron chi connectivity index (χ2n) is 24.4. The minimum atomic E-state index is -1.91. The number of pyridine rings is 2. The van der Waals surface area contributed by atoms with E-state index in [1.54, 1.807) is 35.4 Å². The van der Waals surface area contributed by atoms with Gasteiger partial charge in [0.1, 0.15) is 12.4 Å². The second kappa shape index (κ2) is 21.8. The Morgan fingerprint density at radius 2 is 1.65 bits per heavy atom. The first-order valence-electron chi connectivity index (χ1n) is 29.3. The molecule has 0 spiro atoms. The number of benzene rings is 2. The highest BCUT2D eigenvalue weighted by molar-refractivity contribution is 5.93. The SMILES string of the molecule is CC[C@@]1(O)C(=O)OCc2c1cc1n(c2=O)Cc2cc3c(CN(C)C)c(OC(=O)N4CCN(CCCCCCCN(C)c5ccc([C@H]6C[C@@]7(C)[C@@H](CC[C@]7(OC(C)=O)C(C)=O)C7CCC8=CC(=O)CCC8=C76)cc5)CC4)ccc3nc2-1. The van der Waals surface area contributed by atoms with Crippen LogP contribution in [0.5, 0.6) is 5.75 Å². The largest absolute Gasteiger partial charge is 0.458 e. The fourth-order valence-electron chi connectivity index (χ4n) is 15.3. The predicted octanol–water partition coefficient (Wildman–Crippen LogP) is 9.13. The third-order valence-electron chi connectivity index (χ3n) is 19.5. The molecule has 1 saturated heterocycles. The van der Waals surface area contributed by atoms with Crippen LogP contribution in [0.2, 0.25) is 0 Å². The summed E-state index contributed by atoms with van der Waals surface area (Å²) < 4.78 is 19.2. The molecular formula is C64H78N6O10. The van der Waals surface area contributed by atoms with Crippen molar-refractivity contribution >= 4 is 46.2 Å². The fourth-order valence-corrected chi connectivity index (χ4v) is 15.3. The second-order valence-corrected chi connectivity index (χ2v) is 24.4. The number of hydrogen-bond donors (Lipinski definition) is 1. The van der Waals surface area contributed by atoms with Crippen LogP contribution in [0.4, 0.5) is 10.5 Å². The maximum atomic E-state index is 13.8. The van der Waals surface area contributed by atoms with Crippen LogP contribution in [0.15, 0.2) is 76.1 Å². The van der Waals surface area contributed by atoms with Crippen molar-refractivity contribution in [2.24, 2.45) is 17.3 Å². The van der Waals surface area contributed by atoms with Crippen LogP contribution in [-0.2, 0) is 53.9 Å². The number of piperazine rings is 1. The van der Waals surface area contributed by atoms with E-state index >= 15 is 0 Å². The lowest BCUT2D eigenvalue weighted by Crippen LogP contribution is -2.57. The van der Waals surface area contributed by atoms with Crippen molar-refractivity contribution in [2.45, 2.75) is 148 Å². The number of ketones is 2. The van der Waals surface area contributed by atoms with E-state index in [-0.39, 0.29) is 71.7 Å². The summed E-state index contributed by atoms with van der Waals surface area (Å²) in [4.78, 5) is 92.6. The van der Waals surface area contributed by atoms with Crippen LogP contribution in [0.1, 0.15) is 145 Å². The summed E-state index contributed by atoms with van der Waals surface area (Å²) >= 11 is 0. The quantitative estimate of drug-likeness (QED) is 0.0730. The van der Waals surface area contributed by atoms with Crippen LogP contribution >= 0.6 is 0 Å². The number of esters is 2. The lowest BCUT2D eigenvalue weighted by Gasteiger charge is -2.55. The van der Waals surface area contributed by atoms with Crippen molar-refractivity contribution in [2.75, 3.05) is 65.3 Å². The number of unbranched alkanes of at least 4 members (excludes halogenated alkanes) is 4. The van der Waals surface area contributed by atoms with E-state index < -0.39 is 28.6 Å². The van der Waals surface area contributed by atoms with E-state index in [0.717, 1.165) is 107 Å². The molecule has 11 rings (SSSR count). The first-order valence-corrected chi connectivity index (χ1v) is 29.3. The fraction of sp³-hybridized carbons (Fsp3) is 0.547. The Balaban J connectivity index is 0.658. The maximum Gasteiger partial charge on any atom is 0.415 e. The molecule has 16 nitrogen and oxygen atoms in total. The molecule has 0 bridgehead atoms. The number of amides is 1. The van der Waals surface area contributed by atoms with E-state index in [4.69, 9.17) is 19.2 Å². The number of hydrogen-bond acceptors (Lipinski definition) is 14. The molecule has 4 aromatic rings. The number of carbonyl (C=O) groups excluding carboxylic acids is 5. The van der Waals surface area contributed by atoms with Crippen LogP contribution in [0, 0.1) is 17.3 Å². The van der Waals surface area contributed by atoms with E-state index in [2.05, 4.69) is 48.0 Å². The van der Waals surface area contributed by atoms with Gasteiger partial charge in [0.15, 0.2) is 22.8 Å². The minimum Gasteiger partial charge on any atom is -0.458 e. The van der Waals surface area contributed by atoms with Gasteiger partial charge in [-0.05, 0) is 156 Å². The Kier molecular flexibility index (Phi) is 15.1. The van der Waals surface area contributed by atoms with E-state index in [1.165, 1.54) is 34.9 Å². The number of ether oxygens (including phenoxy) is 3. The zero-order valence-corrected chi connectivity index (χ0v) is 47.8. The number of carbonyl (C=O) groups is 5. The normalized spacial score (nSPS) is 26.0. The van der Waals surface area contributed by atoms with Gasteiger partial charge in [0.2, 0.25) is 0 Å². The Labute approximate surface area is 469 Å². The van der Waals surface area contributed by atoms with Crippen LogP contribution in [0.25, 0.3) is 22.3 Å². The molecule has 80 heavy (non-hydrogen) atoms. The smallest absolute Gasteiger partial charge is 0.415 e. The lowest BCUT2D eigenvalue weighted by molar-refractivity contribution is -0.182. The molecule has 1 unspecified atom stereocenters. The highest BCUT2D eigenvalue weighted by Gasteiger charge is 2.67. The molecule has 1 N–H and O–H groups in total. The summed E-state index contributed by atoms with van der Waals surface area (Å²) in [6.07, 6.45) is 12.5. The molecule has 3 fully saturated rings. The third kappa shape index (κ3) is 9.69. The number of rotatable bonds is 16. The first kappa shape index (κ1) is 55.4. The number of aromatic nitrogens is 2. The van der Waals surface area contributed by atoms with Crippen LogP contribution in [-0.4, -0.2) is 125 Å². The summed E-state index contributed by atoms with van der Waals surface area (Å²) in [6, 6.07) is 16.4. The van der Waals surface area contributed by atoms with Gasteiger partial charge in [0, 0.05) is 98.8 Å². The Bertz CT molecular complexity index is 3300. The van der Waals surface area contributed by atoms with Crippen molar-refractivity contribution in [3.05, 3.63) is 109 Å². The molecule has 2 saturated carbocycles. The lowest BCUT2D eigenvalue weighted by atomic mass is 9.50. The van der Waals surface area contributed by atoms with Gasteiger partial charge in [-0.3, -0.25) is 24.1 Å². The highest BCUT2D eigenvalue weighted by Crippen LogP contribution is 2.68. The van der Waals surface area contributed by atoms with Crippen molar-refractivity contribution in [1.82, 2.24) is 24.3 Å². The monoisotopic (exact) mass is 1090 g/mol. The number of aliphatic hydroxyl groups is 1. The molecule has 2 aromatic carbocycles. The summed E-state index contributed by atoms with van der Waals surface area (Å²) in [5.74, 6) is 0.0363. The van der Waals surface area contributed by atoms with Gasteiger partial charge >= 0.3 is 18.0 Å². The molecular weight excluding hydrogens is 1010 g/mol. The molecule has 1 amide bonds. The van der Waals surface area contributed by atoms with Gasteiger partial charge in [-0.15, -0.1) is 0 Å². The summed E-state index contributed by atoms with van der Waals surface area (Å²) in [6.45, 7) is 12.1. The van der Waals surface area contributed by atoms with Crippen molar-refractivity contribution in [3.8, 4) is 17.1 Å². The maximum absolute atomic E-state index is 13.8. The number of Topliss-reactive ketones (excluding diaryl/α,β-unsaturated/α-hetero) is 1. The Morgan fingerprint density at radius 1 is 0.900 bits per heavy atom. The molecule has 5 heterocycles. The Morgan fingerprint density at radius 3 is 2.38 bits per heavy atom. The molecule has 7 aliphatic rings. The van der Waals surface area contributed by atoms with Gasteiger partial charge < -0.3 is 38.6 Å². The molecule has 3 aliphatic heterocycles. The van der Waals surface area contributed by atoms with Gasteiger partial charge in [0.05, 0.1) is 29.0 Å². The zero-order chi connectivity index (χ0) is 56.4. The predicted molar refractivity (Wildman–Crippen MR) is 304 cm³/mol. The number of nitrogens with zero attached hydrogens (tertiary/aromatic N) is 6. The average molecular weight is 1090 g/mol. The van der Waals surface area contributed by atoms with Crippen molar-refractivity contribution in [1.29, 1.82) is 0 Å². The van der Waals surface area contributed by atoms with Gasteiger partial charge in [-0.2, -0.15) is 0 Å². The van der Waals surface area contributed by atoms with E-state index in [1.807, 2.05) is 37.2 Å². The van der Waals surface area contributed by atoms with Crippen LogP contribution < -0.4 is 15.2 Å². The number of anilines is 1. The van der Waals surface area contributed by atoms with Crippen molar-refractivity contribution < 1.29 is 43.3 Å². The molecule has 4 aliphatic carbocycles. The molecule has 0 radical (unpaired) electrons. The van der Waals surface area contributed by atoms with Gasteiger partial charge in [-0.1, -0.05) is 50.8 Å². The first-order chi connectivity index (χ1) is 38.3. The summed E-state index contributed by atoms with van der Waals surface area (Å²) in [5, 5.41) is 12.1. The zero-order valence-electron chi connectivity index (χ0n) is 47.8. The van der Waals surface area contributed by atoms with Gasteiger partial charge in [0.25, 0.3) is 5.56 Å². The number of fused-ring (bicyclic) bond motifs is 9. The minimum absolute atomic E-state index is 0.0560. The van der Waals surface area contributed by atoms with E-state index in [9.17, 15) is 33.9 Å².